The molecule has 0 aliphatic carbocycles. The molecule has 1 saturated heterocycles. The van der Waals surface area contributed by atoms with Gasteiger partial charge in [0.2, 0.25) is 5.91 Å². The van der Waals surface area contributed by atoms with Crippen LogP contribution in [-0.4, -0.2) is 37.5 Å². The van der Waals surface area contributed by atoms with Crippen LogP contribution in [0, 0.1) is 11.3 Å². The van der Waals surface area contributed by atoms with Crippen LogP contribution in [0.15, 0.2) is 0 Å². The highest BCUT2D eigenvalue weighted by Crippen LogP contribution is 2.34. The molecule has 1 heterocycles. The average molecular weight is 226 g/mol. The zero-order valence-electron chi connectivity index (χ0n) is 11.2. The molecular formula is C13H26N2O. The van der Waals surface area contributed by atoms with Crippen molar-refractivity contribution in [2.45, 2.75) is 40.0 Å². The van der Waals surface area contributed by atoms with Crippen LogP contribution in [0.1, 0.15) is 40.0 Å². The van der Waals surface area contributed by atoms with Crippen LogP contribution in [0.5, 0.6) is 0 Å². The van der Waals surface area contributed by atoms with E-state index in [0.717, 1.165) is 38.9 Å². The van der Waals surface area contributed by atoms with Gasteiger partial charge >= 0.3 is 0 Å². The van der Waals surface area contributed by atoms with Crippen LogP contribution in [0.4, 0.5) is 0 Å². The van der Waals surface area contributed by atoms with Gasteiger partial charge in [-0.15, -0.1) is 0 Å². The Hall–Kier alpha value is -0.570. The minimum atomic E-state index is -0.0884. The number of hydrogen-bond acceptors (Lipinski definition) is 2. The molecule has 3 nitrogen and oxygen atoms in total. The summed E-state index contributed by atoms with van der Waals surface area (Å²) in [5, 5.41) is 3.34. The molecule has 1 N–H and O–H groups in total. The lowest BCUT2D eigenvalue weighted by Gasteiger charge is -2.38. The quantitative estimate of drug-likeness (QED) is 0.794. The molecule has 0 radical (unpaired) electrons. The predicted octanol–water partition coefficient (Wildman–Crippen LogP) is 1.88. The lowest BCUT2D eigenvalue weighted by Crippen LogP contribution is -2.48. The van der Waals surface area contributed by atoms with Crippen LogP contribution in [-0.2, 0) is 4.79 Å². The first kappa shape index (κ1) is 13.5. The lowest BCUT2D eigenvalue weighted by atomic mass is 9.75. The number of amides is 1. The Morgan fingerprint density at radius 2 is 1.94 bits per heavy atom. The van der Waals surface area contributed by atoms with Gasteiger partial charge in [-0.25, -0.2) is 0 Å². The second-order valence-corrected chi connectivity index (χ2v) is 5.46. The first-order chi connectivity index (χ1) is 7.52. The van der Waals surface area contributed by atoms with Gasteiger partial charge in [0.25, 0.3) is 0 Å². The van der Waals surface area contributed by atoms with E-state index in [-0.39, 0.29) is 5.41 Å². The van der Waals surface area contributed by atoms with Gasteiger partial charge in [-0.3, -0.25) is 4.79 Å². The predicted molar refractivity (Wildman–Crippen MR) is 67.3 cm³/mol. The SMILES string of the molecule is CCC1(C(=O)N(C)CC(C)C)CCNCC1. The number of piperidine rings is 1. The average Bonchev–Trinajstić information content (AvgIpc) is 2.28. The third kappa shape index (κ3) is 2.97. The van der Waals surface area contributed by atoms with Crippen molar-refractivity contribution < 1.29 is 4.79 Å². The van der Waals surface area contributed by atoms with E-state index in [0.29, 0.717) is 11.8 Å². The molecule has 0 unspecified atom stereocenters. The molecule has 0 spiro atoms. The second-order valence-electron chi connectivity index (χ2n) is 5.46. The highest BCUT2D eigenvalue weighted by atomic mass is 16.2. The van der Waals surface area contributed by atoms with Crippen LogP contribution in [0.2, 0.25) is 0 Å². The molecule has 1 fully saturated rings. The molecule has 1 rings (SSSR count). The molecule has 1 aliphatic heterocycles. The van der Waals surface area contributed by atoms with Crippen LogP contribution >= 0.6 is 0 Å². The summed E-state index contributed by atoms with van der Waals surface area (Å²) in [7, 11) is 1.95. The van der Waals surface area contributed by atoms with E-state index in [4.69, 9.17) is 0 Å². The summed E-state index contributed by atoms with van der Waals surface area (Å²) >= 11 is 0. The van der Waals surface area contributed by atoms with Crippen molar-refractivity contribution in [1.29, 1.82) is 0 Å². The molecule has 3 heteroatoms. The largest absolute Gasteiger partial charge is 0.345 e. The van der Waals surface area contributed by atoms with E-state index in [2.05, 4.69) is 26.1 Å². The van der Waals surface area contributed by atoms with Gasteiger partial charge in [-0.1, -0.05) is 20.8 Å². The Morgan fingerprint density at radius 1 is 1.38 bits per heavy atom. The lowest BCUT2D eigenvalue weighted by molar-refractivity contribution is -0.143. The minimum Gasteiger partial charge on any atom is -0.345 e. The molecule has 0 aromatic heterocycles. The fraction of sp³-hybridized carbons (Fsp3) is 0.923. The van der Waals surface area contributed by atoms with E-state index >= 15 is 0 Å². The molecule has 0 aromatic carbocycles. The van der Waals surface area contributed by atoms with Crippen molar-refractivity contribution in [3.05, 3.63) is 0 Å². The third-order valence-corrected chi connectivity index (χ3v) is 3.68. The van der Waals surface area contributed by atoms with Crippen LogP contribution < -0.4 is 5.32 Å². The molecule has 0 bridgehead atoms. The van der Waals surface area contributed by atoms with Gasteiger partial charge in [0.05, 0.1) is 5.41 Å². The topological polar surface area (TPSA) is 32.3 Å². The zero-order valence-corrected chi connectivity index (χ0v) is 11.2. The van der Waals surface area contributed by atoms with Crippen molar-refractivity contribution >= 4 is 5.91 Å². The van der Waals surface area contributed by atoms with Crippen molar-refractivity contribution in [3.8, 4) is 0 Å². The molecule has 1 amide bonds. The molecule has 94 valence electrons. The highest BCUT2D eigenvalue weighted by Gasteiger charge is 2.39. The molecule has 16 heavy (non-hydrogen) atoms. The number of carbonyl (C=O) groups excluding carboxylic acids is 1. The van der Waals surface area contributed by atoms with Gasteiger partial charge in [0, 0.05) is 13.6 Å². The van der Waals surface area contributed by atoms with E-state index < -0.39 is 0 Å². The molecule has 0 saturated carbocycles. The van der Waals surface area contributed by atoms with Gasteiger partial charge in [0.15, 0.2) is 0 Å². The van der Waals surface area contributed by atoms with Crippen LogP contribution in [0.3, 0.4) is 0 Å². The summed E-state index contributed by atoms with van der Waals surface area (Å²) in [6.45, 7) is 9.29. The van der Waals surface area contributed by atoms with E-state index in [1.807, 2.05) is 11.9 Å². The number of nitrogens with one attached hydrogen (secondary N) is 1. The van der Waals surface area contributed by atoms with Crippen molar-refractivity contribution in [2.75, 3.05) is 26.7 Å². The van der Waals surface area contributed by atoms with E-state index in [9.17, 15) is 4.79 Å². The maximum Gasteiger partial charge on any atom is 0.228 e. The normalized spacial score (nSPS) is 19.8. The van der Waals surface area contributed by atoms with Crippen molar-refractivity contribution in [3.63, 3.8) is 0 Å². The Balaban J connectivity index is 2.67. The maximum absolute atomic E-state index is 12.5. The van der Waals surface area contributed by atoms with Gasteiger partial charge in [0.1, 0.15) is 0 Å². The van der Waals surface area contributed by atoms with Crippen molar-refractivity contribution in [2.24, 2.45) is 11.3 Å². The standard InChI is InChI=1S/C13H26N2O/c1-5-13(6-8-14-9-7-13)12(16)15(4)10-11(2)3/h11,14H,5-10H2,1-4H3. The number of rotatable bonds is 4. The summed E-state index contributed by atoms with van der Waals surface area (Å²) in [5.41, 5.74) is -0.0884. The third-order valence-electron chi connectivity index (χ3n) is 3.68. The summed E-state index contributed by atoms with van der Waals surface area (Å²) in [4.78, 5) is 14.4. The summed E-state index contributed by atoms with van der Waals surface area (Å²) in [5.74, 6) is 0.898. The molecule has 1 aliphatic rings. The van der Waals surface area contributed by atoms with E-state index in [1.165, 1.54) is 0 Å². The minimum absolute atomic E-state index is 0.0884. The summed E-state index contributed by atoms with van der Waals surface area (Å²) < 4.78 is 0. The van der Waals surface area contributed by atoms with Gasteiger partial charge in [-0.2, -0.15) is 0 Å². The number of nitrogens with zero attached hydrogens (tertiary/aromatic N) is 1. The fourth-order valence-electron chi connectivity index (χ4n) is 2.66. The smallest absolute Gasteiger partial charge is 0.228 e. The van der Waals surface area contributed by atoms with Gasteiger partial charge in [-0.05, 0) is 38.3 Å². The molecule has 0 aromatic rings. The summed E-state index contributed by atoms with van der Waals surface area (Å²) in [6, 6.07) is 0. The Kier molecular flexibility index (Phi) is 4.78. The first-order valence-corrected chi connectivity index (χ1v) is 6.48. The Labute approximate surface area is 99.6 Å². The molecular weight excluding hydrogens is 200 g/mol. The van der Waals surface area contributed by atoms with E-state index in [1.54, 1.807) is 0 Å². The summed E-state index contributed by atoms with van der Waals surface area (Å²) in [6.07, 6.45) is 2.95. The Bertz CT molecular complexity index is 232. The first-order valence-electron chi connectivity index (χ1n) is 6.48. The monoisotopic (exact) mass is 226 g/mol. The number of hydrogen-bond donors (Lipinski definition) is 1. The van der Waals surface area contributed by atoms with Crippen LogP contribution in [0.25, 0.3) is 0 Å². The zero-order chi connectivity index (χ0) is 12.2. The molecule has 0 atom stereocenters. The Morgan fingerprint density at radius 3 is 2.38 bits per heavy atom. The van der Waals surface area contributed by atoms with Crippen molar-refractivity contribution in [1.82, 2.24) is 10.2 Å². The maximum atomic E-state index is 12.5. The van der Waals surface area contributed by atoms with Gasteiger partial charge < -0.3 is 10.2 Å². The second kappa shape index (κ2) is 5.67. The number of carbonyl (C=O) groups is 1. The highest BCUT2D eigenvalue weighted by molar-refractivity contribution is 5.82. The fourth-order valence-corrected chi connectivity index (χ4v) is 2.66.